The maximum absolute atomic E-state index is 10.4. The highest BCUT2D eigenvalue weighted by atomic mass is 16.3. The Morgan fingerprint density at radius 3 is 2.39 bits per heavy atom. The number of pyridine rings is 1. The van der Waals surface area contributed by atoms with Crippen LogP contribution in [-0.4, -0.2) is 10.1 Å². The number of hydrogen-bond acceptors (Lipinski definition) is 3. The van der Waals surface area contributed by atoms with Gasteiger partial charge in [-0.1, -0.05) is 18.2 Å². The molecule has 1 unspecified atom stereocenters. The van der Waals surface area contributed by atoms with Crippen molar-refractivity contribution in [1.82, 2.24) is 4.98 Å². The van der Waals surface area contributed by atoms with Gasteiger partial charge in [-0.3, -0.25) is 0 Å². The van der Waals surface area contributed by atoms with Crippen molar-refractivity contribution in [3.63, 3.8) is 0 Å². The van der Waals surface area contributed by atoms with Gasteiger partial charge in [0.1, 0.15) is 11.9 Å². The number of hydrogen-bond donors (Lipinski definition) is 2. The van der Waals surface area contributed by atoms with Crippen LogP contribution in [0.3, 0.4) is 0 Å². The highest BCUT2D eigenvalue weighted by molar-refractivity contribution is 5.49. The predicted molar refractivity (Wildman–Crippen MR) is 73.4 cm³/mol. The fraction of sp³-hybridized carbons (Fsp3) is 0.267. The number of aryl methyl sites for hydroxylation is 3. The number of aliphatic hydroxyl groups is 1. The van der Waals surface area contributed by atoms with Crippen LogP contribution in [0.5, 0.6) is 0 Å². The number of anilines is 1. The smallest absolute Gasteiger partial charge is 0.129 e. The van der Waals surface area contributed by atoms with Crippen molar-refractivity contribution in [1.29, 1.82) is 0 Å². The molecule has 0 aliphatic heterocycles. The lowest BCUT2D eigenvalue weighted by atomic mass is 9.96. The van der Waals surface area contributed by atoms with E-state index in [1.807, 2.05) is 38.1 Å². The normalized spacial score (nSPS) is 12.4. The first-order valence-electron chi connectivity index (χ1n) is 5.97. The number of nitrogens with two attached hydrogens (primary N) is 1. The fourth-order valence-electron chi connectivity index (χ4n) is 2.05. The topological polar surface area (TPSA) is 59.1 Å². The highest BCUT2D eigenvalue weighted by Crippen LogP contribution is 2.29. The monoisotopic (exact) mass is 242 g/mol. The van der Waals surface area contributed by atoms with Gasteiger partial charge < -0.3 is 10.8 Å². The second-order valence-electron chi connectivity index (χ2n) is 4.67. The van der Waals surface area contributed by atoms with Gasteiger partial charge in [-0.05, 0) is 49.1 Å². The Morgan fingerprint density at radius 1 is 1.06 bits per heavy atom. The molecular formula is C15H18N2O. The Balaban J connectivity index is 2.48. The van der Waals surface area contributed by atoms with Crippen LogP contribution in [0, 0.1) is 20.8 Å². The Morgan fingerprint density at radius 2 is 1.78 bits per heavy atom. The van der Waals surface area contributed by atoms with Crippen LogP contribution in [-0.2, 0) is 0 Å². The molecule has 0 spiro atoms. The summed E-state index contributed by atoms with van der Waals surface area (Å²) in [4.78, 5) is 4.04. The van der Waals surface area contributed by atoms with Gasteiger partial charge >= 0.3 is 0 Å². The van der Waals surface area contributed by atoms with E-state index in [0.717, 1.165) is 16.7 Å². The fourth-order valence-corrected chi connectivity index (χ4v) is 2.05. The summed E-state index contributed by atoms with van der Waals surface area (Å²) >= 11 is 0. The zero-order chi connectivity index (χ0) is 13.3. The molecule has 0 saturated carbocycles. The lowest BCUT2D eigenvalue weighted by Crippen LogP contribution is -2.08. The Hall–Kier alpha value is -1.87. The second kappa shape index (κ2) is 4.78. The third kappa shape index (κ3) is 2.22. The molecule has 1 atom stereocenters. The summed E-state index contributed by atoms with van der Waals surface area (Å²) in [7, 11) is 0. The Bertz CT molecular complexity index is 558. The molecular weight excluding hydrogens is 224 g/mol. The van der Waals surface area contributed by atoms with Crippen molar-refractivity contribution >= 4 is 5.82 Å². The maximum Gasteiger partial charge on any atom is 0.129 e. The van der Waals surface area contributed by atoms with Crippen LogP contribution in [0.2, 0.25) is 0 Å². The number of aromatic nitrogens is 1. The first-order valence-corrected chi connectivity index (χ1v) is 5.97. The van der Waals surface area contributed by atoms with Crippen LogP contribution in [0.15, 0.2) is 30.5 Å². The number of nitrogen functional groups attached to an aromatic ring is 1. The lowest BCUT2D eigenvalue weighted by Gasteiger charge is -2.16. The van der Waals surface area contributed by atoms with Crippen LogP contribution in [0.4, 0.5) is 5.82 Å². The summed E-state index contributed by atoms with van der Waals surface area (Å²) in [5.41, 5.74) is 10.7. The minimum atomic E-state index is -0.724. The molecule has 0 aliphatic rings. The third-order valence-corrected chi connectivity index (χ3v) is 3.36. The Kier molecular flexibility index (Phi) is 3.34. The molecule has 0 amide bonds. The van der Waals surface area contributed by atoms with Gasteiger partial charge in [-0.2, -0.15) is 0 Å². The molecule has 0 aliphatic carbocycles. The van der Waals surface area contributed by atoms with Gasteiger partial charge in [-0.15, -0.1) is 0 Å². The molecule has 3 nitrogen and oxygen atoms in total. The van der Waals surface area contributed by atoms with E-state index in [2.05, 4.69) is 11.9 Å². The van der Waals surface area contributed by atoms with Gasteiger partial charge in [0.15, 0.2) is 0 Å². The summed E-state index contributed by atoms with van der Waals surface area (Å²) in [6.07, 6.45) is 0.930. The molecule has 1 aromatic carbocycles. The van der Waals surface area contributed by atoms with Crippen LogP contribution < -0.4 is 5.73 Å². The minimum absolute atomic E-state index is 0.390. The first kappa shape index (κ1) is 12.6. The quantitative estimate of drug-likeness (QED) is 0.851. The van der Waals surface area contributed by atoms with Crippen molar-refractivity contribution in [3.8, 4) is 0 Å². The average Bonchev–Trinajstić information content (AvgIpc) is 2.32. The first-order chi connectivity index (χ1) is 8.50. The summed E-state index contributed by atoms with van der Waals surface area (Å²) < 4.78 is 0. The van der Waals surface area contributed by atoms with E-state index >= 15 is 0 Å². The van der Waals surface area contributed by atoms with Crippen molar-refractivity contribution in [3.05, 3.63) is 58.3 Å². The molecule has 0 saturated heterocycles. The number of benzene rings is 1. The van der Waals surface area contributed by atoms with Crippen LogP contribution in [0.1, 0.15) is 33.9 Å². The van der Waals surface area contributed by atoms with Crippen LogP contribution in [0.25, 0.3) is 0 Å². The molecule has 3 N–H and O–H groups in total. The molecule has 94 valence electrons. The largest absolute Gasteiger partial charge is 0.384 e. The lowest BCUT2D eigenvalue weighted by molar-refractivity contribution is 0.220. The molecule has 0 radical (unpaired) electrons. The molecule has 3 heteroatoms. The maximum atomic E-state index is 10.4. The summed E-state index contributed by atoms with van der Waals surface area (Å²) in [6.45, 7) is 6.01. The molecule has 18 heavy (non-hydrogen) atoms. The van der Waals surface area contributed by atoms with E-state index in [0.29, 0.717) is 11.4 Å². The van der Waals surface area contributed by atoms with Crippen molar-refractivity contribution in [2.45, 2.75) is 26.9 Å². The molecule has 2 rings (SSSR count). The summed E-state index contributed by atoms with van der Waals surface area (Å²) in [5, 5.41) is 10.4. The summed E-state index contributed by atoms with van der Waals surface area (Å²) in [6, 6.07) is 7.79. The minimum Gasteiger partial charge on any atom is -0.384 e. The van der Waals surface area contributed by atoms with Gasteiger partial charge in [-0.25, -0.2) is 4.98 Å². The van der Waals surface area contributed by atoms with Gasteiger partial charge in [0.25, 0.3) is 0 Å². The van der Waals surface area contributed by atoms with E-state index in [1.165, 1.54) is 5.56 Å². The molecule has 0 bridgehead atoms. The molecule has 1 heterocycles. The molecule has 2 aromatic rings. The third-order valence-electron chi connectivity index (χ3n) is 3.36. The van der Waals surface area contributed by atoms with Crippen molar-refractivity contribution < 1.29 is 5.11 Å². The highest BCUT2D eigenvalue weighted by Gasteiger charge is 2.17. The van der Waals surface area contributed by atoms with Gasteiger partial charge in [0.2, 0.25) is 0 Å². The van der Waals surface area contributed by atoms with E-state index in [9.17, 15) is 5.11 Å². The average molecular weight is 242 g/mol. The van der Waals surface area contributed by atoms with Crippen molar-refractivity contribution in [2.75, 3.05) is 5.73 Å². The SMILES string of the molecule is Cc1ccc(C(O)c2c(C)ccnc2N)cc1C. The van der Waals surface area contributed by atoms with E-state index in [1.54, 1.807) is 6.20 Å². The van der Waals surface area contributed by atoms with Gasteiger partial charge in [0.05, 0.1) is 0 Å². The van der Waals surface area contributed by atoms with E-state index in [-0.39, 0.29) is 0 Å². The number of aliphatic hydroxyl groups excluding tert-OH is 1. The summed E-state index contributed by atoms with van der Waals surface area (Å²) in [5.74, 6) is 0.390. The number of nitrogens with zero attached hydrogens (tertiary/aromatic N) is 1. The number of rotatable bonds is 2. The van der Waals surface area contributed by atoms with Gasteiger partial charge in [0, 0.05) is 11.8 Å². The standard InChI is InChI=1S/C15H18N2O/c1-9-4-5-12(8-11(9)3)14(18)13-10(2)6-7-17-15(13)16/h4-8,14,18H,1-3H3,(H2,16,17). The zero-order valence-electron chi connectivity index (χ0n) is 10.9. The predicted octanol–water partition coefficient (Wildman–Crippen LogP) is 2.67. The van der Waals surface area contributed by atoms with E-state index in [4.69, 9.17) is 5.73 Å². The molecule has 1 aromatic heterocycles. The van der Waals surface area contributed by atoms with Crippen LogP contribution >= 0.6 is 0 Å². The van der Waals surface area contributed by atoms with Crippen molar-refractivity contribution in [2.24, 2.45) is 0 Å². The second-order valence-corrected chi connectivity index (χ2v) is 4.67. The molecule has 0 fully saturated rings. The van der Waals surface area contributed by atoms with E-state index < -0.39 is 6.10 Å². The Labute approximate surface area is 107 Å². The zero-order valence-corrected chi connectivity index (χ0v) is 10.9.